The second-order valence-corrected chi connectivity index (χ2v) is 4.69. The lowest BCUT2D eigenvalue weighted by molar-refractivity contribution is -0.122. The lowest BCUT2D eigenvalue weighted by Crippen LogP contribution is -2.35. The highest BCUT2D eigenvalue weighted by molar-refractivity contribution is 5.77. The molecule has 0 bridgehead atoms. The summed E-state index contributed by atoms with van der Waals surface area (Å²) in [6.07, 6.45) is 2.09. The second kappa shape index (κ2) is 8.28. The summed E-state index contributed by atoms with van der Waals surface area (Å²) < 4.78 is 0. The van der Waals surface area contributed by atoms with Crippen molar-refractivity contribution in [1.29, 1.82) is 5.26 Å². The number of rotatable bonds is 7. The molecule has 0 spiro atoms. The molecule has 0 aromatic heterocycles. The van der Waals surface area contributed by atoms with Crippen molar-refractivity contribution in [3.05, 3.63) is 35.4 Å². The third-order valence-corrected chi connectivity index (χ3v) is 2.77. The molecule has 1 aromatic rings. The Morgan fingerprint density at radius 3 is 2.95 bits per heavy atom. The van der Waals surface area contributed by atoms with Crippen molar-refractivity contribution in [3.8, 4) is 6.07 Å². The van der Waals surface area contributed by atoms with Gasteiger partial charge in [-0.05, 0) is 31.2 Å². The molecule has 0 saturated carbocycles. The number of nitriles is 1. The molecule has 4 heteroatoms. The summed E-state index contributed by atoms with van der Waals surface area (Å²) in [7, 11) is 1.90. The molecule has 1 amide bonds. The van der Waals surface area contributed by atoms with Crippen molar-refractivity contribution in [2.24, 2.45) is 0 Å². The van der Waals surface area contributed by atoms with Crippen molar-refractivity contribution in [1.82, 2.24) is 10.2 Å². The Morgan fingerprint density at radius 2 is 2.26 bits per heavy atom. The molecule has 0 aliphatic heterocycles. The normalized spacial score (nSPS) is 10.2. The minimum atomic E-state index is 0.0485. The molecule has 0 radical (unpaired) electrons. The lowest BCUT2D eigenvalue weighted by atomic mass is 10.1. The first kappa shape index (κ1) is 15.2. The Bertz CT molecular complexity index is 451. The van der Waals surface area contributed by atoms with Gasteiger partial charge in [-0.1, -0.05) is 25.5 Å². The number of nitrogens with one attached hydrogen (secondary N) is 1. The average Bonchev–Trinajstić information content (AvgIpc) is 2.39. The Morgan fingerprint density at radius 1 is 1.47 bits per heavy atom. The van der Waals surface area contributed by atoms with Crippen LogP contribution in [0.2, 0.25) is 0 Å². The molecule has 19 heavy (non-hydrogen) atoms. The van der Waals surface area contributed by atoms with Crippen LogP contribution < -0.4 is 5.32 Å². The maximum absolute atomic E-state index is 11.6. The number of amides is 1. The van der Waals surface area contributed by atoms with Gasteiger partial charge < -0.3 is 5.32 Å². The molecule has 0 fully saturated rings. The fourth-order valence-electron chi connectivity index (χ4n) is 1.81. The maximum Gasteiger partial charge on any atom is 0.234 e. The number of nitrogens with zero attached hydrogens (tertiary/aromatic N) is 2. The summed E-state index contributed by atoms with van der Waals surface area (Å²) in [4.78, 5) is 13.6. The summed E-state index contributed by atoms with van der Waals surface area (Å²) in [5.41, 5.74) is 1.70. The average molecular weight is 259 g/mol. The molecular formula is C15H21N3O. The molecule has 0 heterocycles. The first-order valence-corrected chi connectivity index (χ1v) is 6.60. The van der Waals surface area contributed by atoms with Crippen molar-refractivity contribution in [2.45, 2.75) is 26.3 Å². The van der Waals surface area contributed by atoms with E-state index >= 15 is 0 Å². The number of benzene rings is 1. The summed E-state index contributed by atoms with van der Waals surface area (Å²) in [6, 6.07) is 9.58. The predicted molar refractivity (Wildman–Crippen MR) is 75.4 cm³/mol. The highest BCUT2D eigenvalue weighted by atomic mass is 16.2. The fraction of sp³-hybridized carbons (Fsp3) is 0.467. The van der Waals surface area contributed by atoms with Crippen molar-refractivity contribution in [2.75, 3.05) is 20.1 Å². The number of likely N-dealkylation sites (N-methyl/N-ethyl adjacent to an activating group) is 1. The fourth-order valence-corrected chi connectivity index (χ4v) is 1.81. The van der Waals surface area contributed by atoms with Gasteiger partial charge in [-0.25, -0.2) is 0 Å². The highest BCUT2D eigenvalue weighted by Crippen LogP contribution is 2.06. The number of hydrogen-bond acceptors (Lipinski definition) is 3. The molecule has 1 N–H and O–H groups in total. The lowest BCUT2D eigenvalue weighted by Gasteiger charge is -2.16. The van der Waals surface area contributed by atoms with E-state index in [2.05, 4.69) is 18.3 Å². The zero-order valence-corrected chi connectivity index (χ0v) is 11.6. The second-order valence-electron chi connectivity index (χ2n) is 4.69. The topological polar surface area (TPSA) is 56.1 Å². The van der Waals surface area contributed by atoms with Crippen molar-refractivity contribution >= 4 is 5.91 Å². The van der Waals surface area contributed by atoms with Crippen molar-refractivity contribution in [3.63, 3.8) is 0 Å². The molecule has 4 nitrogen and oxygen atoms in total. The molecule has 1 aromatic carbocycles. The third-order valence-electron chi connectivity index (χ3n) is 2.77. The van der Waals surface area contributed by atoms with E-state index in [0.29, 0.717) is 18.7 Å². The van der Waals surface area contributed by atoms with Gasteiger partial charge >= 0.3 is 0 Å². The molecule has 0 unspecified atom stereocenters. The monoisotopic (exact) mass is 259 g/mol. The number of hydrogen-bond donors (Lipinski definition) is 1. The first-order chi connectivity index (χ1) is 9.15. The summed E-state index contributed by atoms with van der Waals surface area (Å²) in [5.74, 6) is 0.0485. The van der Waals surface area contributed by atoms with Gasteiger partial charge in [-0.15, -0.1) is 0 Å². The highest BCUT2D eigenvalue weighted by Gasteiger charge is 2.06. The predicted octanol–water partition coefficient (Wildman–Crippen LogP) is 1.91. The summed E-state index contributed by atoms with van der Waals surface area (Å²) in [5, 5.41) is 11.7. The Hall–Kier alpha value is -1.86. The van der Waals surface area contributed by atoms with E-state index in [1.165, 1.54) is 0 Å². The SMILES string of the molecule is CCCCNC(=O)CN(C)Cc1cccc(C#N)c1. The molecule has 0 saturated heterocycles. The minimum absolute atomic E-state index is 0.0485. The largest absolute Gasteiger partial charge is 0.355 e. The van der Waals surface area contributed by atoms with Crippen LogP contribution in [0.25, 0.3) is 0 Å². The smallest absolute Gasteiger partial charge is 0.234 e. The first-order valence-electron chi connectivity index (χ1n) is 6.60. The third kappa shape index (κ3) is 6.03. The van der Waals surface area contributed by atoms with Crippen LogP contribution in [0.4, 0.5) is 0 Å². The van der Waals surface area contributed by atoms with Gasteiger partial charge in [0, 0.05) is 13.1 Å². The van der Waals surface area contributed by atoms with Crippen LogP contribution in [0.15, 0.2) is 24.3 Å². The van der Waals surface area contributed by atoms with E-state index in [4.69, 9.17) is 5.26 Å². The standard InChI is InChI=1S/C15H21N3O/c1-3-4-8-17-15(19)12-18(2)11-14-7-5-6-13(9-14)10-16/h5-7,9H,3-4,8,11-12H2,1-2H3,(H,17,19). The van der Waals surface area contributed by atoms with Gasteiger partial charge in [0.25, 0.3) is 0 Å². The van der Waals surface area contributed by atoms with Crippen LogP contribution in [0.1, 0.15) is 30.9 Å². The molecule has 0 aliphatic carbocycles. The van der Waals surface area contributed by atoms with E-state index in [1.54, 1.807) is 6.07 Å². The quantitative estimate of drug-likeness (QED) is 0.761. The van der Waals surface area contributed by atoms with Crippen LogP contribution in [0, 0.1) is 11.3 Å². The van der Waals surface area contributed by atoms with E-state index in [1.807, 2.05) is 30.1 Å². The van der Waals surface area contributed by atoms with Crippen LogP contribution in [-0.4, -0.2) is 30.9 Å². The van der Waals surface area contributed by atoms with E-state index < -0.39 is 0 Å². The van der Waals surface area contributed by atoms with E-state index in [9.17, 15) is 4.79 Å². The summed E-state index contributed by atoms with van der Waals surface area (Å²) in [6.45, 7) is 3.88. The van der Waals surface area contributed by atoms with Crippen LogP contribution in [-0.2, 0) is 11.3 Å². The van der Waals surface area contributed by atoms with E-state index in [0.717, 1.165) is 24.9 Å². The van der Waals surface area contributed by atoms with Gasteiger partial charge in [-0.3, -0.25) is 9.69 Å². The Balaban J connectivity index is 2.40. The van der Waals surface area contributed by atoms with E-state index in [-0.39, 0.29) is 5.91 Å². The molecule has 102 valence electrons. The van der Waals surface area contributed by atoms with Gasteiger partial charge in [0.1, 0.15) is 0 Å². The number of carbonyl (C=O) groups excluding carboxylic acids is 1. The Labute approximate surface area is 115 Å². The van der Waals surface area contributed by atoms with Gasteiger partial charge in [-0.2, -0.15) is 5.26 Å². The van der Waals surface area contributed by atoms with Gasteiger partial charge in [0.15, 0.2) is 0 Å². The maximum atomic E-state index is 11.6. The number of carbonyl (C=O) groups is 1. The number of unbranched alkanes of at least 4 members (excludes halogenated alkanes) is 1. The molecule has 1 rings (SSSR count). The molecule has 0 atom stereocenters. The van der Waals surface area contributed by atoms with Gasteiger partial charge in [0.05, 0.1) is 18.2 Å². The van der Waals surface area contributed by atoms with Crippen LogP contribution in [0.5, 0.6) is 0 Å². The molecular weight excluding hydrogens is 238 g/mol. The van der Waals surface area contributed by atoms with Crippen LogP contribution >= 0.6 is 0 Å². The van der Waals surface area contributed by atoms with Crippen molar-refractivity contribution < 1.29 is 4.79 Å². The zero-order chi connectivity index (χ0) is 14.1. The summed E-state index contributed by atoms with van der Waals surface area (Å²) >= 11 is 0. The minimum Gasteiger partial charge on any atom is -0.355 e. The Kier molecular flexibility index (Phi) is 6.62. The molecule has 0 aliphatic rings. The zero-order valence-electron chi connectivity index (χ0n) is 11.6. The van der Waals surface area contributed by atoms with Crippen LogP contribution in [0.3, 0.4) is 0 Å². The van der Waals surface area contributed by atoms with Gasteiger partial charge in [0.2, 0.25) is 5.91 Å².